The summed E-state index contributed by atoms with van der Waals surface area (Å²) in [4.78, 5) is 15.9. The highest BCUT2D eigenvalue weighted by Gasteiger charge is 2.19. The molecule has 0 aromatic heterocycles. The van der Waals surface area contributed by atoms with Crippen molar-refractivity contribution in [3.8, 4) is 5.75 Å². The SMILES string of the molecule is COc1ccc(C=C2SC(N)=NC2=O)c2ccccc12. The predicted octanol–water partition coefficient (Wildman–Crippen LogP) is 2.78. The summed E-state index contributed by atoms with van der Waals surface area (Å²) >= 11 is 1.20. The summed E-state index contributed by atoms with van der Waals surface area (Å²) in [5.41, 5.74) is 6.51. The summed E-state index contributed by atoms with van der Waals surface area (Å²) in [6, 6.07) is 11.7. The van der Waals surface area contributed by atoms with Crippen molar-refractivity contribution in [2.45, 2.75) is 0 Å². The van der Waals surface area contributed by atoms with Crippen LogP contribution < -0.4 is 10.5 Å². The van der Waals surface area contributed by atoms with Gasteiger partial charge in [0, 0.05) is 5.39 Å². The van der Waals surface area contributed by atoms with Gasteiger partial charge in [-0.05, 0) is 34.9 Å². The summed E-state index contributed by atoms with van der Waals surface area (Å²) in [5, 5.41) is 2.32. The number of amidine groups is 1. The van der Waals surface area contributed by atoms with E-state index in [9.17, 15) is 4.79 Å². The molecule has 0 saturated heterocycles. The first-order chi connectivity index (χ1) is 9.69. The number of carbonyl (C=O) groups is 1. The number of carbonyl (C=O) groups excluding carboxylic acids is 1. The second-order valence-corrected chi connectivity index (χ2v) is 5.33. The second-order valence-electron chi connectivity index (χ2n) is 4.27. The molecule has 0 saturated carbocycles. The average Bonchev–Trinajstić information content (AvgIpc) is 2.77. The van der Waals surface area contributed by atoms with E-state index < -0.39 is 0 Å². The molecule has 2 aromatic carbocycles. The lowest BCUT2D eigenvalue weighted by Gasteiger charge is -2.08. The molecule has 0 atom stereocenters. The zero-order valence-electron chi connectivity index (χ0n) is 10.8. The zero-order chi connectivity index (χ0) is 14.1. The third-order valence-corrected chi connectivity index (χ3v) is 3.87. The number of ether oxygens (including phenoxy) is 1. The van der Waals surface area contributed by atoms with Gasteiger partial charge in [0.15, 0.2) is 5.17 Å². The topological polar surface area (TPSA) is 64.7 Å². The number of aliphatic imine (C=N–C) groups is 1. The largest absolute Gasteiger partial charge is 0.496 e. The van der Waals surface area contributed by atoms with Gasteiger partial charge in [0.05, 0.1) is 12.0 Å². The van der Waals surface area contributed by atoms with Gasteiger partial charge in [-0.2, -0.15) is 4.99 Å². The number of nitrogens with zero attached hydrogens (tertiary/aromatic N) is 1. The van der Waals surface area contributed by atoms with Crippen molar-refractivity contribution in [2.24, 2.45) is 10.7 Å². The van der Waals surface area contributed by atoms with Crippen LogP contribution in [0.2, 0.25) is 0 Å². The third-order valence-electron chi connectivity index (χ3n) is 3.06. The maximum absolute atomic E-state index is 11.7. The van der Waals surface area contributed by atoms with Gasteiger partial charge in [-0.25, -0.2) is 0 Å². The Morgan fingerprint density at radius 3 is 2.60 bits per heavy atom. The lowest BCUT2D eigenvalue weighted by atomic mass is 10.0. The molecule has 100 valence electrons. The van der Waals surface area contributed by atoms with Crippen LogP contribution in [0, 0.1) is 0 Å². The Hall–Kier alpha value is -2.27. The number of amides is 1. The van der Waals surface area contributed by atoms with Crippen LogP contribution in [-0.2, 0) is 4.79 Å². The summed E-state index contributed by atoms with van der Waals surface area (Å²) in [6.07, 6.45) is 1.82. The lowest BCUT2D eigenvalue weighted by molar-refractivity contribution is -0.113. The molecule has 2 aromatic rings. The Labute approximate surface area is 120 Å². The van der Waals surface area contributed by atoms with Gasteiger partial charge >= 0.3 is 0 Å². The van der Waals surface area contributed by atoms with Crippen LogP contribution in [0.15, 0.2) is 46.3 Å². The molecule has 20 heavy (non-hydrogen) atoms. The average molecular weight is 284 g/mol. The molecule has 0 spiro atoms. The van der Waals surface area contributed by atoms with Crippen molar-refractivity contribution in [2.75, 3.05) is 7.11 Å². The minimum Gasteiger partial charge on any atom is -0.496 e. The van der Waals surface area contributed by atoms with Crippen molar-refractivity contribution in [3.05, 3.63) is 46.9 Å². The Kier molecular flexibility index (Phi) is 3.20. The number of hydrogen-bond donors (Lipinski definition) is 1. The number of methoxy groups -OCH3 is 1. The summed E-state index contributed by atoms with van der Waals surface area (Å²) in [7, 11) is 1.64. The maximum atomic E-state index is 11.7. The van der Waals surface area contributed by atoms with Crippen LogP contribution in [0.5, 0.6) is 5.75 Å². The second kappa shape index (κ2) is 5.02. The number of fused-ring (bicyclic) bond motifs is 1. The molecular formula is C15H12N2O2S. The van der Waals surface area contributed by atoms with E-state index in [1.165, 1.54) is 11.8 Å². The molecule has 0 fully saturated rings. The van der Waals surface area contributed by atoms with Crippen molar-refractivity contribution < 1.29 is 9.53 Å². The van der Waals surface area contributed by atoms with Gasteiger partial charge in [0.2, 0.25) is 0 Å². The first-order valence-corrected chi connectivity index (χ1v) is 6.84. The standard InChI is InChI=1S/C15H12N2O2S/c1-19-12-7-6-9(10-4-2-3-5-11(10)12)8-13-14(18)17-15(16)20-13/h2-8H,1H3,(H2,16,17,18). The Bertz CT molecular complexity index is 766. The van der Waals surface area contributed by atoms with Gasteiger partial charge in [0.25, 0.3) is 5.91 Å². The van der Waals surface area contributed by atoms with Crippen LogP contribution in [0.4, 0.5) is 0 Å². The first-order valence-electron chi connectivity index (χ1n) is 6.03. The van der Waals surface area contributed by atoms with E-state index in [-0.39, 0.29) is 5.91 Å². The number of rotatable bonds is 2. The summed E-state index contributed by atoms with van der Waals surface area (Å²) in [5.74, 6) is 0.524. The van der Waals surface area contributed by atoms with E-state index in [1.807, 2.05) is 42.5 Å². The van der Waals surface area contributed by atoms with E-state index in [2.05, 4.69) is 4.99 Å². The monoisotopic (exact) mass is 284 g/mol. The third kappa shape index (κ3) is 2.16. The van der Waals surface area contributed by atoms with E-state index in [0.717, 1.165) is 22.1 Å². The van der Waals surface area contributed by atoms with Crippen LogP contribution in [0.25, 0.3) is 16.8 Å². The minimum absolute atomic E-state index is 0.285. The van der Waals surface area contributed by atoms with Crippen LogP contribution in [0.1, 0.15) is 5.56 Å². The molecule has 0 bridgehead atoms. The highest BCUT2D eigenvalue weighted by atomic mass is 32.2. The first kappa shape index (κ1) is 12.7. The fraction of sp³-hybridized carbons (Fsp3) is 0.0667. The molecule has 2 N–H and O–H groups in total. The molecule has 0 aliphatic carbocycles. The number of thioether (sulfide) groups is 1. The number of nitrogens with two attached hydrogens (primary N) is 1. The van der Waals surface area contributed by atoms with E-state index in [4.69, 9.17) is 10.5 Å². The van der Waals surface area contributed by atoms with Crippen molar-refractivity contribution in [1.82, 2.24) is 0 Å². The maximum Gasteiger partial charge on any atom is 0.286 e. The molecule has 0 radical (unpaired) electrons. The van der Waals surface area contributed by atoms with E-state index in [0.29, 0.717) is 10.1 Å². The van der Waals surface area contributed by atoms with Gasteiger partial charge in [-0.1, -0.05) is 30.3 Å². The normalized spacial score (nSPS) is 16.8. The van der Waals surface area contributed by atoms with Crippen molar-refractivity contribution in [3.63, 3.8) is 0 Å². The fourth-order valence-electron chi connectivity index (χ4n) is 2.17. The highest BCUT2D eigenvalue weighted by Crippen LogP contribution is 2.32. The van der Waals surface area contributed by atoms with Gasteiger partial charge in [-0.15, -0.1) is 0 Å². The van der Waals surface area contributed by atoms with Gasteiger partial charge < -0.3 is 10.5 Å². The molecule has 1 amide bonds. The van der Waals surface area contributed by atoms with E-state index in [1.54, 1.807) is 7.11 Å². The highest BCUT2D eigenvalue weighted by molar-refractivity contribution is 8.18. The zero-order valence-corrected chi connectivity index (χ0v) is 11.6. The summed E-state index contributed by atoms with van der Waals surface area (Å²) in [6.45, 7) is 0. The molecular weight excluding hydrogens is 272 g/mol. The minimum atomic E-state index is -0.285. The van der Waals surface area contributed by atoms with Crippen LogP contribution in [0.3, 0.4) is 0 Å². The molecule has 1 aliphatic heterocycles. The lowest BCUT2D eigenvalue weighted by Crippen LogP contribution is -2.01. The van der Waals surface area contributed by atoms with Gasteiger partial charge in [-0.3, -0.25) is 4.79 Å². The molecule has 1 heterocycles. The van der Waals surface area contributed by atoms with Crippen LogP contribution in [-0.4, -0.2) is 18.2 Å². The van der Waals surface area contributed by atoms with Crippen molar-refractivity contribution in [1.29, 1.82) is 0 Å². The predicted molar refractivity (Wildman–Crippen MR) is 82.7 cm³/mol. The van der Waals surface area contributed by atoms with Crippen LogP contribution >= 0.6 is 11.8 Å². The Balaban J connectivity index is 2.14. The smallest absolute Gasteiger partial charge is 0.286 e. The summed E-state index contributed by atoms with van der Waals surface area (Å²) < 4.78 is 5.36. The molecule has 4 nitrogen and oxygen atoms in total. The van der Waals surface area contributed by atoms with E-state index >= 15 is 0 Å². The fourth-order valence-corrected chi connectivity index (χ4v) is 2.84. The molecule has 1 aliphatic rings. The molecule has 3 rings (SSSR count). The molecule has 0 unspecified atom stereocenters. The number of benzene rings is 2. The Morgan fingerprint density at radius 2 is 1.95 bits per heavy atom. The molecule has 5 heteroatoms. The quantitative estimate of drug-likeness (QED) is 0.861. The number of hydrogen-bond acceptors (Lipinski definition) is 4. The Morgan fingerprint density at radius 1 is 1.20 bits per heavy atom. The van der Waals surface area contributed by atoms with Crippen molar-refractivity contribution >= 4 is 39.7 Å². The van der Waals surface area contributed by atoms with Gasteiger partial charge in [0.1, 0.15) is 5.75 Å².